The molecule has 0 bridgehead atoms. The lowest BCUT2D eigenvalue weighted by Gasteiger charge is -2.32. The maximum atomic E-state index is 11.5. The molecule has 4 rings (SSSR count). The van der Waals surface area contributed by atoms with Crippen LogP contribution in [0.5, 0.6) is 0 Å². The summed E-state index contributed by atoms with van der Waals surface area (Å²) >= 11 is 0. The number of ether oxygens (including phenoxy) is 1. The van der Waals surface area contributed by atoms with Crippen molar-refractivity contribution in [3.63, 3.8) is 0 Å². The van der Waals surface area contributed by atoms with Crippen molar-refractivity contribution in [1.82, 2.24) is 19.8 Å². The average molecular weight is 314 g/mol. The van der Waals surface area contributed by atoms with Crippen LogP contribution in [0.3, 0.4) is 0 Å². The molecule has 2 aliphatic heterocycles. The SMILES string of the molecule is O=C1OCCN1CCN1CCC[C@@H](c2nc3ccccc3[nH]2)C1. The lowest BCUT2D eigenvalue weighted by atomic mass is 9.97. The Hall–Kier alpha value is -2.08. The van der Waals surface area contributed by atoms with E-state index < -0.39 is 0 Å². The number of para-hydroxylation sites is 2. The molecule has 1 atom stereocenters. The highest BCUT2D eigenvalue weighted by molar-refractivity contribution is 5.74. The molecule has 122 valence electrons. The maximum Gasteiger partial charge on any atom is 0.409 e. The predicted octanol–water partition coefficient (Wildman–Crippen LogP) is 2.19. The van der Waals surface area contributed by atoms with Crippen LogP contribution in [0, 0.1) is 0 Å². The van der Waals surface area contributed by atoms with Gasteiger partial charge in [0.05, 0.1) is 17.6 Å². The number of amides is 1. The first-order valence-corrected chi connectivity index (χ1v) is 8.38. The number of nitrogens with zero attached hydrogens (tertiary/aromatic N) is 3. The van der Waals surface area contributed by atoms with E-state index in [1.807, 2.05) is 12.1 Å². The molecule has 3 heterocycles. The third-order valence-electron chi connectivity index (χ3n) is 4.83. The Labute approximate surface area is 135 Å². The Balaban J connectivity index is 1.39. The summed E-state index contributed by atoms with van der Waals surface area (Å²) in [6.45, 7) is 5.01. The van der Waals surface area contributed by atoms with Gasteiger partial charge in [0.25, 0.3) is 0 Å². The monoisotopic (exact) mass is 314 g/mol. The Morgan fingerprint density at radius 1 is 1.26 bits per heavy atom. The fraction of sp³-hybridized carbons (Fsp3) is 0.529. The second-order valence-electron chi connectivity index (χ2n) is 6.38. The predicted molar refractivity (Wildman–Crippen MR) is 87.4 cm³/mol. The number of nitrogens with one attached hydrogen (secondary N) is 1. The number of cyclic esters (lactones) is 1. The third-order valence-corrected chi connectivity index (χ3v) is 4.83. The number of likely N-dealkylation sites (tertiary alicyclic amines) is 1. The topological polar surface area (TPSA) is 61.5 Å². The van der Waals surface area contributed by atoms with Crippen molar-refractivity contribution < 1.29 is 9.53 Å². The van der Waals surface area contributed by atoms with Crippen LogP contribution in [0.15, 0.2) is 24.3 Å². The van der Waals surface area contributed by atoms with Crippen molar-refractivity contribution in [2.75, 3.05) is 39.3 Å². The summed E-state index contributed by atoms with van der Waals surface area (Å²) in [6.07, 6.45) is 2.17. The smallest absolute Gasteiger partial charge is 0.409 e. The number of aromatic amines is 1. The largest absolute Gasteiger partial charge is 0.448 e. The van der Waals surface area contributed by atoms with Crippen molar-refractivity contribution in [2.45, 2.75) is 18.8 Å². The summed E-state index contributed by atoms with van der Waals surface area (Å²) < 4.78 is 4.98. The van der Waals surface area contributed by atoms with Crippen molar-refractivity contribution in [2.24, 2.45) is 0 Å². The molecule has 6 nitrogen and oxygen atoms in total. The van der Waals surface area contributed by atoms with Gasteiger partial charge in [-0.05, 0) is 31.5 Å². The summed E-state index contributed by atoms with van der Waals surface area (Å²) in [5.41, 5.74) is 2.15. The first kappa shape index (κ1) is 14.5. The number of hydrogen-bond donors (Lipinski definition) is 1. The molecule has 0 saturated carbocycles. The molecule has 0 spiro atoms. The van der Waals surface area contributed by atoms with Crippen molar-refractivity contribution in [1.29, 1.82) is 0 Å². The number of fused-ring (bicyclic) bond motifs is 1. The van der Waals surface area contributed by atoms with Gasteiger partial charge in [-0.25, -0.2) is 9.78 Å². The van der Waals surface area contributed by atoms with E-state index >= 15 is 0 Å². The molecule has 0 radical (unpaired) electrons. The molecule has 2 aliphatic rings. The fourth-order valence-electron chi connectivity index (χ4n) is 3.54. The van der Waals surface area contributed by atoms with Gasteiger partial charge in [0.1, 0.15) is 12.4 Å². The molecule has 6 heteroatoms. The number of rotatable bonds is 4. The Bertz CT molecular complexity index is 666. The lowest BCUT2D eigenvalue weighted by molar-refractivity contribution is 0.148. The molecule has 2 saturated heterocycles. The van der Waals surface area contributed by atoms with Crippen LogP contribution in [-0.4, -0.2) is 65.2 Å². The molecular weight excluding hydrogens is 292 g/mol. The minimum atomic E-state index is -0.171. The van der Waals surface area contributed by atoms with E-state index in [-0.39, 0.29) is 6.09 Å². The van der Waals surface area contributed by atoms with Crippen LogP contribution in [-0.2, 0) is 4.74 Å². The number of carbonyl (C=O) groups is 1. The molecule has 0 aliphatic carbocycles. The van der Waals surface area contributed by atoms with Crippen LogP contribution < -0.4 is 0 Å². The van der Waals surface area contributed by atoms with Gasteiger partial charge in [0.15, 0.2) is 0 Å². The molecule has 2 aromatic rings. The molecule has 1 aromatic carbocycles. The summed E-state index contributed by atoms with van der Waals surface area (Å²) in [5.74, 6) is 1.54. The zero-order chi connectivity index (χ0) is 15.6. The quantitative estimate of drug-likeness (QED) is 0.940. The van der Waals surface area contributed by atoms with Gasteiger partial charge < -0.3 is 19.5 Å². The minimum absolute atomic E-state index is 0.171. The second kappa shape index (κ2) is 6.20. The van der Waals surface area contributed by atoms with Gasteiger partial charge in [-0.3, -0.25) is 0 Å². The van der Waals surface area contributed by atoms with E-state index in [1.165, 1.54) is 12.8 Å². The number of imidazole rings is 1. The standard InChI is InChI=1S/C17H22N4O2/c22-17-21(10-11-23-17)9-8-20-7-3-4-13(12-20)16-18-14-5-1-2-6-15(14)19-16/h1-2,5-6,13H,3-4,7-12H2,(H,18,19)/t13-/m1/s1. The molecule has 0 unspecified atom stereocenters. The lowest BCUT2D eigenvalue weighted by Crippen LogP contribution is -2.40. The van der Waals surface area contributed by atoms with Crippen LogP contribution in [0.25, 0.3) is 11.0 Å². The summed E-state index contributed by atoms with van der Waals surface area (Å²) in [4.78, 5) is 24.0. The first-order chi connectivity index (χ1) is 11.3. The van der Waals surface area contributed by atoms with Crippen molar-refractivity contribution in [3.8, 4) is 0 Å². The van der Waals surface area contributed by atoms with Crippen LogP contribution in [0.1, 0.15) is 24.6 Å². The summed E-state index contributed by atoms with van der Waals surface area (Å²) in [7, 11) is 0. The number of piperidine rings is 1. The number of carbonyl (C=O) groups excluding carboxylic acids is 1. The highest BCUT2D eigenvalue weighted by Gasteiger charge is 2.26. The third kappa shape index (κ3) is 3.03. The van der Waals surface area contributed by atoms with E-state index in [0.29, 0.717) is 12.5 Å². The van der Waals surface area contributed by atoms with Gasteiger partial charge in [0.2, 0.25) is 0 Å². The highest BCUT2D eigenvalue weighted by Crippen LogP contribution is 2.26. The zero-order valence-electron chi connectivity index (χ0n) is 13.2. The summed E-state index contributed by atoms with van der Waals surface area (Å²) in [6, 6.07) is 8.18. The normalized spacial score (nSPS) is 22.7. The van der Waals surface area contributed by atoms with Gasteiger partial charge in [-0.15, -0.1) is 0 Å². The molecular formula is C17H22N4O2. The molecule has 1 N–H and O–H groups in total. The minimum Gasteiger partial charge on any atom is -0.448 e. The highest BCUT2D eigenvalue weighted by atomic mass is 16.6. The van der Waals surface area contributed by atoms with Crippen molar-refractivity contribution >= 4 is 17.1 Å². The number of benzene rings is 1. The van der Waals surface area contributed by atoms with Gasteiger partial charge >= 0.3 is 6.09 Å². The van der Waals surface area contributed by atoms with E-state index in [9.17, 15) is 4.79 Å². The Kier molecular flexibility index (Phi) is 3.91. The molecule has 1 amide bonds. The van der Waals surface area contributed by atoms with Crippen molar-refractivity contribution in [3.05, 3.63) is 30.1 Å². The van der Waals surface area contributed by atoms with Crippen LogP contribution >= 0.6 is 0 Å². The molecule has 2 fully saturated rings. The first-order valence-electron chi connectivity index (χ1n) is 8.38. The van der Waals surface area contributed by atoms with E-state index in [2.05, 4.69) is 22.0 Å². The van der Waals surface area contributed by atoms with E-state index in [0.717, 1.165) is 49.6 Å². The summed E-state index contributed by atoms with van der Waals surface area (Å²) in [5, 5.41) is 0. The second-order valence-corrected chi connectivity index (χ2v) is 6.38. The number of aromatic nitrogens is 2. The number of hydrogen-bond acceptors (Lipinski definition) is 4. The van der Waals surface area contributed by atoms with Gasteiger partial charge in [0, 0.05) is 25.6 Å². The Morgan fingerprint density at radius 2 is 2.17 bits per heavy atom. The van der Waals surface area contributed by atoms with Gasteiger partial charge in [-0.2, -0.15) is 0 Å². The van der Waals surface area contributed by atoms with E-state index in [4.69, 9.17) is 9.72 Å². The van der Waals surface area contributed by atoms with Crippen LogP contribution in [0.4, 0.5) is 4.79 Å². The molecule has 1 aromatic heterocycles. The van der Waals surface area contributed by atoms with E-state index in [1.54, 1.807) is 4.90 Å². The average Bonchev–Trinajstić information content (AvgIpc) is 3.19. The number of H-pyrrole nitrogens is 1. The van der Waals surface area contributed by atoms with Crippen LogP contribution in [0.2, 0.25) is 0 Å². The Morgan fingerprint density at radius 3 is 3.00 bits per heavy atom. The molecule has 23 heavy (non-hydrogen) atoms. The zero-order valence-corrected chi connectivity index (χ0v) is 13.2. The fourth-order valence-corrected chi connectivity index (χ4v) is 3.54. The van der Waals surface area contributed by atoms with Gasteiger partial charge in [-0.1, -0.05) is 12.1 Å². The maximum absolute atomic E-state index is 11.5.